The molecule has 14 heavy (non-hydrogen) atoms. The molecule has 1 aliphatic rings. The highest BCUT2D eigenvalue weighted by atomic mass is 35.5. The van der Waals surface area contributed by atoms with Gasteiger partial charge in [0.05, 0.1) is 10.0 Å². The Morgan fingerprint density at radius 1 is 1.36 bits per heavy atom. The maximum Gasteiger partial charge on any atom is 0.0624 e. The first-order chi connectivity index (χ1) is 6.67. The standard InChI is InChI=1S/C11H13Cl2N/c1-14-11(5-6-11)7-8-3-2-4-9(12)10(8)13/h2-4,14H,5-7H2,1H3. The Morgan fingerprint density at radius 2 is 2.07 bits per heavy atom. The van der Waals surface area contributed by atoms with Crippen molar-refractivity contribution in [2.75, 3.05) is 7.05 Å². The molecule has 0 spiro atoms. The van der Waals surface area contributed by atoms with Crippen LogP contribution in [0.5, 0.6) is 0 Å². The number of likely N-dealkylation sites (N-methyl/N-ethyl adjacent to an activating group) is 1. The largest absolute Gasteiger partial charge is 0.314 e. The van der Waals surface area contributed by atoms with Gasteiger partial charge in [-0.15, -0.1) is 0 Å². The van der Waals surface area contributed by atoms with Crippen LogP contribution in [0.1, 0.15) is 18.4 Å². The minimum atomic E-state index is 0.286. The van der Waals surface area contributed by atoms with Gasteiger partial charge in [-0.05, 0) is 37.9 Å². The number of nitrogens with one attached hydrogen (secondary N) is 1. The molecular weight excluding hydrogens is 217 g/mol. The summed E-state index contributed by atoms with van der Waals surface area (Å²) in [4.78, 5) is 0. The van der Waals surface area contributed by atoms with E-state index in [1.54, 1.807) is 0 Å². The van der Waals surface area contributed by atoms with Gasteiger partial charge in [0.1, 0.15) is 0 Å². The van der Waals surface area contributed by atoms with Crippen LogP contribution in [0.15, 0.2) is 18.2 Å². The number of hydrogen-bond donors (Lipinski definition) is 1. The molecule has 1 aliphatic carbocycles. The molecule has 2 rings (SSSR count). The van der Waals surface area contributed by atoms with Crippen LogP contribution >= 0.6 is 23.2 Å². The molecule has 0 atom stereocenters. The molecule has 1 aromatic rings. The van der Waals surface area contributed by atoms with Crippen molar-refractivity contribution >= 4 is 23.2 Å². The first kappa shape index (κ1) is 10.3. The van der Waals surface area contributed by atoms with Crippen LogP contribution in [-0.2, 0) is 6.42 Å². The van der Waals surface area contributed by atoms with E-state index in [-0.39, 0.29) is 5.54 Å². The fourth-order valence-corrected chi connectivity index (χ4v) is 2.10. The summed E-state index contributed by atoms with van der Waals surface area (Å²) < 4.78 is 0. The summed E-state index contributed by atoms with van der Waals surface area (Å²) in [6.45, 7) is 0. The molecule has 1 nitrogen and oxygen atoms in total. The van der Waals surface area contributed by atoms with Crippen LogP contribution in [0, 0.1) is 0 Å². The van der Waals surface area contributed by atoms with E-state index in [2.05, 4.69) is 5.32 Å². The van der Waals surface area contributed by atoms with Crippen molar-refractivity contribution < 1.29 is 0 Å². The van der Waals surface area contributed by atoms with Crippen molar-refractivity contribution in [1.82, 2.24) is 5.32 Å². The molecule has 0 aromatic heterocycles. The van der Waals surface area contributed by atoms with Crippen LogP contribution < -0.4 is 5.32 Å². The van der Waals surface area contributed by atoms with Crippen LogP contribution in [0.25, 0.3) is 0 Å². The number of rotatable bonds is 3. The lowest BCUT2D eigenvalue weighted by molar-refractivity contribution is 0.549. The van der Waals surface area contributed by atoms with E-state index in [0.29, 0.717) is 10.0 Å². The molecule has 0 heterocycles. The molecule has 0 aliphatic heterocycles. The van der Waals surface area contributed by atoms with Crippen molar-refractivity contribution in [1.29, 1.82) is 0 Å². The second kappa shape index (κ2) is 3.73. The summed E-state index contributed by atoms with van der Waals surface area (Å²) in [5.74, 6) is 0. The Morgan fingerprint density at radius 3 is 2.64 bits per heavy atom. The van der Waals surface area contributed by atoms with Crippen LogP contribution in [0.2, 0.25) is 10.0 Å². The topological polar surface area (TPSA) is 12.0 Å². The highest BCUT2D eigenvalue weighted by Gasteiger charge is 2.41. The SMILES string of the molecule is CNC1(Cc2cccc(Cl)c2Cl)CC1. The molecule has 0 amide bonds. The summed E-state index contributed by atoms with van der Waals surface area (Å²) in [6.07, 6.45) is 3.43. The van der Waals surface area contributed by atoms with Crippen molar-refractivity contribution in [3.8, 4) is 0 Å². The lowest BCUT2D eigenvalue weighted by Gasteiger charge is -2.15. The van der Waals surface area contributed by atoms with Crippen molar-refractivity contribution in [2.24, 2.45) is 0 Å². The van der Waals surface area contributed by atoms with Gasteiger partial charge >= 0.3 is 0 Å². The molecule has 0 saturated heterocycles. The van der Waals surface area contributed by atoms with Gasteiger partial charge in [0.2, 0.25) is 0 Å². The van der Waals surface area contributed by atoms with E-state index in [4.69, 9.17) is 23.2 Å². The third-order valence-electron chi connectivity index (χ3n) is 2.94. The first-order valence-corrected chi connectivity index (χ1v) is 5.54. The van der Waals surface area contributed by atoms with Crippen LogP contribution in [0.3, 0.4) is 0 Å². The van der Waals surface area contributed by atoms with E-state index >= 15 is 0 Å². The van der Waals surface area contributed by atoms with Gasteiger partial charge in [0.25, 0.3) is 0 Å². The van der Waals surface area contributed by atoms with Crippen molar-refractivity contribution in [3.05, 3.63) is 33.8 Å². The minimum Gasteiger partial charge on any atom is -0.314 e. The molecule has 1 saturated carbocycles. The molecule has 0 unspecified atom stereocenters. The van der Waals surface area contributed by atoms with Gasteiger partial charge in [0, 0.05) is 5.54 Å². The molecule has 1 N–H and O–H groups in total. The van der Waals surface area contributed by atoms with Crippen molar-refractivity contribution in [2.45, 2.75) is 24.8 Å². The van der Waals surface area contributed by atoms with E-state index in [1.807, 2.05) is 25.2 Å². The zero-order chi connectivity index (χ0) is 10.2. The molecule has 3 heteroatoms. The highest BCUT2D eigenvalue weighted by Crippen LogP contribution is 2.40. The zero-order valence-corrected chi connectivity index (χ0v) is 9.62. The third-order valence-corrected chi connectivity index (χ3v) is 3.80. The maximum absolute atomic E-state index is 6.12. The predicted molar refractivity (Wildman–Crippen MR) is 61.2 cm³/mol. The Labute approximate surface area is 94.4 Å². The summed E-state index contributed by atoms with van der Waals surface area (Å²) in [6, 6.07) is 5.83. The van der Waals surface area contributed by atoms with Gasteiger partial charge in [-0.2, -0.15) is 0 Å². The lowest BCUT2D eigenvalue weighted by atomic mass is 10.0. The van der Waals surface area contributed by atoms with E-state index in [1.165, 1.54) is 12.8 Å². The molecule has 1 fully saturated rings. The van der Waals surface area contributed by atoms with Gasteiger partial charge < -0.3 is 5.32 Å². The molecule has 1 aromatic carbocycles. The van der Waals surface area contributed by atoms with Crippen molar-refractivity contribution in [3.63, 3.8) is 0 Å². The van der Waals surface area contributed by atoms with Crippen LogP contribution in [0.4, 0.5) is 0 Å². The fraction of sp³-hybridized carbons (Fsp3) is 0.455. The van der Waals surface area contributed by atoms with Gasteiger partial charge in [-0.3, -0.25) is 0 Å². The monoisotopic (exact) mass is 229 g/mol. The average Bonchev–Trinajstić information content (AvgIpc) is 2.94. The van der Waals surface area contributed by atoms with E-state index in [9.17, 15) is 0 Å². The van der Waals surface area contributed by atoms with Gasteiger partial charge in [-0.25, -0.2) is 0 Å². The number of halogens is 2. The van der Waals surface area contributed by atoms with Crippen LogP contribution in [-0.4, -0.2) is 12.6 Å². The Hall–Kier alpha value is -0.240. The van der Waals surface area contributed by atoms with Gasteiger partial charge in [0.15, 0.2) is 0 Å². The number of hydrogen-bond acceptors (Lipinski definition) is 1. The second-order valence-electron chi connectivity index (χ2n) is 3.92. The van der Waals surface area contributed by atoms with E-state index < -0.39 is 0 Å². The predicted octanol–water partition coefficient (Wildman–Crippen LogP) is 3.29. The quantitative estimate of drug-likeness (QED) is 0.840. The molecule has 76 valence electrons. The fourth-order valence-electron chi connectivity index (χ4n) is 1.72. The third kappa shape index (κ3) is 1.90. The summed E-state index contributed by atoms with van der Waals surface area (Å²) in [7, 11) is 2.01. The van der Waals surface area contributed by atoms with Gasteiger partial charge in [-0.1, -0.05) is 35.3 Å². The number of benzene rings is 1. The smallest absolute Gasteiger partial charge is 0.0624 e. The Bertz CT molecular complexity index is 345. The molecular formula is C11H13Cl2N. The maximum atomic E-state index is 6.12. The Kier molecular flexibility index (Phi) is 2.74. The lowest BCUT2D eigenvalue weighted by Crippen LogP contribution is -2.29. The summed E-state index contributed by atoms with van der Waals surface area (Å²) in [5, 5.41) is 4.70. The Balaban J connectivity index is 2.21. The normalized spacial score (nSPS) is 18.2. The second-order valence-corrected chi connectivity index (χ2v) is 4.71. The average molecular weight is 230 g/mol. The summed E-state index contributed by atoms with van der Waals surface area (Å²) >= 11 is 12.1. The highest BCUT2D eigenvalue weighted by molar-refractivity contribution is 6.42. The molecule has 0 radical (unpaired) electrons. The minimum absolute atomic E-state index is 0.286. The summed E-state index contributed by atoms with van der Waals surface area (Å²) in [5.41, 5.74) is 1.43. The first-order valence-electron chi connectivity index (χ1n) is 4.79. The molecule has 0 bridgehead atoms. The van der Waals surface area contributed by atoms with E-state index in [0.717, 1.165) is 12.0 Å². The zero-order valence-electron chi connectivity index (χ0n) is 8.11.